The Hall–Kier alpha value is -3.52. The van der Waals surface area contributed by atoms with Crippen molar-refractivity contribution in [3.05, 3.63) is 81.8 Å². The average molecular weight is 513 g/mol. The molecule has 0 aliphatic carbocycles. The second-order valence-corrected chi connectivity index (χ2v) is 7.74. The largest absolute Gasteiger partial charge is 0.493 e. The van der Waals surface area contributed by atoms with Gasteiger partial charge >= 0.3 is 0 Å². The van der Waals surface area contributed by atoms with Gasteiger partial charge in [0.15, 0.2) is 23.0 Å². The van der Waals surface area contributed by atoms with Crippen LogP contribution in [0.5, 0.6) is 23.0 Å². The van der Waals surface area contributed by atoms with Crippen LogP contribution < -0.4 is 24.4 Å². The zero-order chi connectivity index (χ0) is 23.6. The van der Waals surface area contributed by atoms with E-state index in [-0.39, 0.29) is 5.91 Å². The fraction of sp³-hybridized carbons (Fsp3) is 0.200. The lowest BCUT2D eigenvalue weighted by atomic mass is 10.2. The summed E-state index contributed by atoms with van der Waals surface area (Å²) >= 11 is 3.42. The first-order valence-corrected chi connectivity index (χ1v) is 11.0. The minimum Gasteiger partial charge on any atom is -0.493 e. The number of nitrogens with zero attached hydrogens (tertiary/aromatic N) is 1. The van der Waals surface area contributed by atoms with Crippen molar-refractivity contribution in [3.8, 4) is 23.0 Å². The normalized spacial score (nSPS) is 10.7. The second kappa shape index (κ2) is 11.9. The predicted octanol–water partition coefficient (Wildman–Crippen LogP) is 5.21. The van der Waals surface area contributed by atoms with Gasteiger partial charge in [0, 0.05) is 10.0 Å². The summed E-state index contributed by atoms with van der Waals surface area (Å²) in [5, 5.41) is 4.05. The van der Waals surface area contributed by atoms with Crippen LogP contribution in [0.1, 0.15) is 28.4 Å². The van der Waals surface area contributed by atoms with Gasteiger partial charge in [-0.3, -0.25) is 4.79 Å². The molecule has 0 aliphatic rings. The summed E-state index contributed by atoms with van der Waals surface area (Å²) in [6.07, 6.45) is 1.53. The lowest BCUT2D eigenvalue weighted by molar-refractivity contribution is 0.0954. The molecule has 0 unspecified atom stereocenters. The lowest BCUT2D eigenvalue weighted by Crippen LogP contribution is -2.17. The first-order valence-electron chi connectivity index (χ1n) is 10.2. The SMILES string of the molecule is CCOc1cc(C(=O)N/N=C/c2ccc(OCc3ccc(Br)cc3)c(OC)c2)ccc1OC. The van der Waals surface area contributed by atoms with Gasteiger partial charge in [0.2, 0.25) is 0 Å². The number of nitrogens with one attached hydrogen (secondary N) is 1. The van der Waals surface area contributed by atoms with Gasteiger partial charge in [-0.25, -0.2) is 5.43 Å². The lowest BCUT2D eigenvalue weighted by Gasteiger charge is -2.11. The van der Waals surface area contributed by atoms with Crippen molar-refractivity contribution in [2.45, 2.75) is 13.5 Å². The Bertz CT molecular complexity index is 1120. The predicted molar refractivity (Wildman–Crippen MR) is 131 cm³/mol. The molecule has 0 atom stereocenters. The highest BCUT2D eigenvalue weighted by Crippen LogP contribution is 2.29. The van der Waals surface area contributed by atoms with E-state index in [1.54, 1.807) is 44.6 Å². The number of hydrogen-bond acceptors (Lipinski definition) is 6. The van der Waals surface area contributed by atoms with Gasteiger partial charge in [-0.05, 0) is 66.6 Å². The van der Waals surface area contributed by atoms with Gasteiger partial charge in [0.1, 0.15) is 6.61 Å². The number of rotatable bonds is 10. The first-order chi connectivity index (χ1) is 16.0. The maximum absolute atomic E-state index is 12.4. The molecule has 0 fully saturated rings. The number of carbonyl (C=O) groups is 1. The van der Waals surface area contributed by atoms with Gasteiger partial charge in [0.05, 0.1) is 27.0 Å². The summed E-state index contributed by atoms with van der Waals surface area (Å²) in [6, 6.07) is 18.3. The number of ether oxygens (including phenoxy) is 4. The maximum atomic E-state index is 12.4. The molecular weight excluding hydrogens is 488 g/mol. The van der Waals surface area contributed by atoms with Crippen LogP contribution in [-0.2, 0) is 6.61 Å². The highest BCUT2D eigenvalue weighted by molar-refractivity contribution is 9.10. The Morgan fingerprint density at radius 1 is 0.909 bits per heavy atom. The molecule has 1 N–H and O–H groups in total. The van der Waals surface area contributed by atoms with E-state index in [1.165, 1.54) is 6.21 Å². The summed E-state index contributed by atoms with van der Waals surface area (Å²) in [7, 11) is 3.12. The molecule has 7 nitrogen and oxygen atoms in total. The molecule has 0 heterocycles. The van der Waals surface area contributed by atoms with Crippen molar-refractivity contribution in [1.29, 1.82) is 0 Å². The molecule has 0 aromatic heterocycles. The molecule has 0 aliphatic heterocycles. The molecule has 0 radical (unpaired) electrons. The van der Waals surface area contributed by atoms with E-state index in [4.69, 9.17) is 18.9 Å². The van der Waals surface area contributed by atoms with Crippen LogP contribution >= 0.6 is 15.9 Å². The number of hydrogen-bond donors (Lipinski definition) is 1. The Morgan fingerprint density at radius 3 is 2.33 bits per heavy atom. The molecule has 33 heavy (non-hydrogen) atoms. The Balaban J connectivity index is 1.63. The van der Waals surface area contributed by atoms with Crippen LogP contribution in [0.2, 0.25) is 0 Å². The quantitative estimate of drug-likeness (QED) is 0.298. The van der Waals surface area contributed by atoms with Gasteiger partial charge in [-0.1, -0.05) is 28.1 Å². The zero-order valence-corrected chi connectivity index (χ0v) is 20.2. The van der Waals surface area contributed by atoms with Crippen molar-refractivity contribution >= 4 is 28.1 Å². The third kappa shape index (κ3) is 6.73. The fourth-order valence-corrected chi connectivity index (χ4v) is 3.21. The van der Waals surface area contributed by atoms with Crippen LogP contribution in [0.15, 0.2) is 70.2 Å². The van der Waals surface area contributed by atoms with E-state index in [9.17, 15) is 4.79 Å². The number of benzene rings is 3. The third-order valence-electron chi connectivity index (χ3n) is 4.60. The van der Waals surface area contributed by atoms with E-state index in [0.717, 1.165) is 15.6 Å². The van der Waals surface area contributed by atoms with Crippen molar-refractivity contribution in [3.63, 3.8) is 0 Å². The minimum absolute atomic E-state index is 0.365. The topological polar surface area (TPSA) is 78.4 Å². The standard InChI is InChI=1S/C25H25BrN2O5/c1-4-32-24-14-19(8-12-21(24)30-2)25(29)28-27-15-18-7-11-22(23(13-18)31-3)33-16-17-5-9-20(26)10-6-17/h5-15H,4,16H2,1-3H3,(H,28,29)/b27-15+. The van der Waals surface area contributed by atoms with Crippen molar-refractivity contribution in [2.75, 3.05) is 20.8 Å². The van der Waals surface area contributed by atoms with Gasteiger partial charge in [0.25, 0.3) is 5.91 Å². The summed E-state index contributed by atoms with van der Waals surface area (Å²) in [4.78, 5) is 12.4. The molecule has 0 saturated carbocycles. The monoisotopic (exact) mass is 512 g/mol. The van der Waals surface area contributed by atoms with Crippen LogP contribution in [0, 0.1) is 0 Å². The minimum atomic E-state index is -0.365. The summed E-state index contributed by atoms with van der Waals surface area (Å²) in [6.45, 7) is 2.74. The fourth-order valence-electron chi connectivity index (χ4n) is 2.94. The van der Waals surface area contributed by atoms with E-state index in [2.05, 4.69) is 26.5 Å². The Morgan fingerprint density at radius 2 is 1.64 bits per heavy atom. The molecule has 8 heteroatoms. The highest BCUT2D eigenvalue weighted by atomic mass is 79.9. The first kappa shape index (κ1) is 24.1. The molecule has 3 rings (SSSR count). The van der Waals surface area contributed by atoms with Crippen LogP contribution in [0.4, 0.5) is 0 Å². The summed E-state index contributed by atoms with van der Waals surface area (Å²) in [5.41, 5.74) is 4.71. The number of hydrazone groups is 1. The summed E-state index contributed by atoms with van der Waals surface area (Å²) in [5.74, 6) is 1.88. The number of carbonyl (C=O) groups excluding carboxylic acids is 1. The third-order valence-corrected chi connectivity index (χ3v) is 5.13. The molecule has 0 spiro atoms. The van der Waals surface area contributed by atoms with Crippen molar-refractivity contribution in [1.82, 2.24) is 5.43 Å². The van der Waals surface area contributed by atoms with Crippen LogP contribution in [-0.4, -0.2) is 32.9 Å². The molecule has 0 saturated heterocycles. The molecule has 172 valence electrons. The summed E-state index contributed by atoms with van der Waals surface area (Å²) < 4.78 is 23.1. The van der Waals surface area contributed by atoms with Crippen LogP contribution in [0.3, 0.4) is 0 Å². The Kier molecular flexibility index (Phi) is 8.71. The van der Waals surface area contributed by atoms with E-state index < -0.39 is 0 Å². The number of methoxy groups -OCH3 is 2. The number of amides is 1. The van der Waals surface area contributed by atoms with Gasteiger partial charge in [-0.15, -0.1) is 0 Å². The van der Waals surface area contributed by atoms with Gasteiger partial charge < -0.3 is 18.9 Å². The molecular formula is C25H25BrN2O5. The highest BCUT2D eigenvalue weighted by Gasteiger charge is 2.11. The van der Waals surface area contributed by atoms with E-state index in [0.29, 0.717) is 41.8 Å². The zero-order valence-electron chi connectivity index (χ0n) is 18.6. The van der Waals surface area contributed by atoms with Crippen molar-refractivity contribution in [2.24, 2.45) is 5.10 Å². The maximum Gasteiger partial charge on any atom is 0.271 e. The molecule has 3 aromatic rings. The number of halogens is 1. The average Bonchev–Trinajstić information content (AvgIpc) is 2.84. The molecule has 0 bridgehead atoms. The second-order valence-electron chi connectivity index (χ2n) is 6.82. The molecule has 1 amide bonds. The Labute approximate surface area is 201 Å². The van der Waals surface area contributed by atoms with Crippen LogP contribution in [0.25, 0.3) is 0 Å². The molecule has 3 aromatic carbocycles. The van der Waals surface area contributed by atoms with Gasteiger partial charge in [-0.2, -0.15) is 5.10 Å². The smallest absolute Gasteiger partial charge is 0.271 e. The van der Waals surface area contributed by atoms with E-state index in [1.807, 2.05) is 37.3 Å². The van der Waals surface area contributed by atoms with E-state index >= 15 is 0 Å². The van der Waals surface area contributed by atoms with Crippen molar-refractivity contribution < 1.29 is 23.7 Å².